The van der Waals surface area contributed by atoms with Crippen molar-refractivity contribution in [2.75, 3.05) is 12.3 Å². The van der Waals surface area contributed by atoms with E-state index in [2.05, 4.69) is 29.2 Å². The van der Waals surface area contributed by atoms with Crippen molar-refractivity contribution in [3.8, 4) is 5.69 Å². The molecule has 0 N–H and O–H groups in total. The first-order chi connectivity index (χ1) is 18.6. The van der Waals surface area contributed by atoms with Crippen LogP contribution >= 0.6 is 23.1 Å². The Kier molecular flexibility index (Phi) is 6.98. The summed E-state index contributed by atoms with van der Waals surface area (Å²) in [6.45, 7) is 4.63. The highest BCUT2D eigenvalue weighted by molar-refractivity contribution is 7.99. The lowest BCUT2D eigenvalue weighted by Crippen LogP contribution is -2.30. The maximum atomic E-state index is 14.1. The van der Waals surface area contributed by atoms with Crippen molar-refractivity contribution >= 4 is 39.1 Å². The van der Waals surface area contributed by atoms with Crippen LogP contribution in [0.5, 0.6) is 0 Å². The van der Waals surface area contributed by atoms with E-state index in [0.29, 0.717) is 10.7 Å². The molecule has 5 aromatic rings. The van der Waals surface area contributed by atoms with Crippen LogP contribution in [-0.2, 0) is 19.5 Å². The number of rotatable bonds is 7. The summed E-state index contributed by atoms with van der Waals surface area (Å²) < 4.78 is 1.69. The molecule has 3 heterocycles. The Labute approximate surface area is 229 Å². The van der Waals surface area contributed by atoms with E-state index in [1.807, 2.05) is 67.6 Å². The minimum Gasteiger partial charge on any atom is -0.294 e. The van der Waals surface area contributed by atoms with Crippen LogP contribution in [-0.4, -0.2) is 32.5 Å². The smallest absolute Gasteiger partial charge is 0.267 e. The molecule has 38 heavy (non-hydrogen) atoms. The van der Waals surface area contributed by atoms with Crippen molar-refractivity contribution in [1.82, 2.24) is 14.5 Å². The number of carbonyl (C=O) groups is 1. The van der Waals surface area contributed by atoms with Gasteiger partial charge in [0.2, 0.25) is 0 Å². The van der Waals surface area contributed by atoms with Crippen LogP contribution in [0.1, 0.15) is 31.9 Å². The molecule has 0 saturated carbocycles. The number of aryl methyl sites for hydroxylation is 1. The molecule has 0 bridgehead atoms. The molecule has 0 amide bonds. The van der Waals surface area contributed by atoms with Crippen molar-refractivity contribution < 1.29 is 4.79 Å². The largest absolute Gasteiger partial charge is 0.294 e. The number of aromatic nitrogens is 2. The zero-order valence-corrected chi connectivity index (χ0v) is 22.7. The standard InChI is InChI=1S/C31H27N3O2S2/c1-21-12-14-24(15-13-21)34-30(36)28-25-16-17-33(18-22-8-4-2-5-9-22)19-27(25)38-29(28)32-31(34)37-20-26(35)23-10-6-3-7-11-23/h2-15H,16-20H2,1H3. The Morgan fingerprint density at radius 3 is 2.42 bits per heavy atom. The zero-order valence-electron chi connectivity index (χ0n) is 21.1. The second-order valence-electron chi connectivity index (χ2n) is 9.58. The molecule has 1 aliphatic rings. The normalized spacial score (nSPS) is 13.5. The highest BCUT2D eigenvalue weighted by Crippen LogP contribution is 2.35. The molecule has 0 spiro atoms. The number of thioether (sulfide) groups is 1. The first-order valence-electron chi connectivity index (χ1n) is 12.7. The third kappa shape index (κ3) is 4.97. The van der Waals surface area contributed by atoms with Gasteiger partial charge in [-0.2, -0.15) is 0 Å². The van der Waals surface area contributed by atoms with Gasteiger partial charge in [-0.1, -0.05) is 90.1 Å². The highest BCUT2D eigenvalue weighted by atomic mass is 32.2. The third-order valence-electron chi connectivity index (χ3n) is 6.89. The maximum absolute atomic E-state index is 14.1. The van der Waals surface area contributed by atoms with E-state index in [9.17, 15) is 9.59 Å². The number of benzene rings is 3. The lowest BCUT2D eigenvalue weighted by atomic mass is 10.0. The third-order valence-corrected chi connectivity index (χ3v) is 8.94. The second-order valence-corrected chi connectivity index (χ2v) is 11.6. The molecular weight excluding hydrogens is 510 g/mol. The molecule has 3 aromatic carbocycles. The maximum Gasteiger partial charge on any atom is 0.267 e. The highest BCUT2D eigenvalue weighted by Gasteiger charge is 2.26. The van der Waals surface area contributed by atoms with Gasteiger partial charge in [-0.3, -0.25) is 19.1 Å². The molecule has 0 saturated heterocycles. The molecule has 7 heteroatoms. The number of Topliss-reactive ketones (excluding diaryl/α,β-unsaturated/α-hetero) is 1. The van der Waals surface area contributed by atoms with E-state index in [4.69, 9.17) is 4.98 Å². The minimum atomic E-state index is -0.0532. The molecule has 2 aromatic heterocycles. The van der Waals surface area contributed by atoms with E-state index in [0.717, 1.165) is 53.1 Å². The SMILES string of the molecule is Cc1ccc(-n2c(SCC(=O)c3ccccc3)nc3sc4c(c3c2=O)CCN(Cc2ccccc2)C4)cc1. The number of ketones is 1. The molecule has 190 valence electrons. The number of fused-ring (bicyclic) bond motifs is 3. The van der Waals surface area contributed by atoms with Crippen LogP contribution in [0.4, 0.5) is 0 Å². The lowest BCUT2D eigenvalue weighted by Gasteiger charge is -2.26. The summed E-state index contributed by atoms with van der Waals surface area (Å²) >= 11 is 2.94. The number of hydrogen-bond donors (Lipinski definition) is 0. The predicted octanol–water partition coefficient (Wildman–Crippen LogP) is 6.29. The Balaban J connectivity index is 1.38. The van der Waals surface area contributed by atoms with Gasteiger partial charge in [-0.05, 0) is 36.6 Å². The Morgan fingerprint density at radius 1 is 0.974 bits per heavy atom. The molecule has 0 unspecified atom stereocenters. The fourth-order valence-electron chi connectivity index (χ4n) is 4.91. The Morgan fingerprint density at radius 2 is 1.68 bits per heavy atom. The summed E-state index contributed by atoms with van der Waals surface area (Å²) in [5, 5.41) is 1.28. The van der Waals surface area contributed by atoms with Gasteiger partial charge in [0.25, 0.3) is 5.56 Å². The monoisotopic (exact) mass is 537 g/mol. The van der Waals surface area contributed by atoms with Crippen LogP contribution in [0.25, 0.3) is 15.9 Å². The Bertz CT molecular complexity index is 1660. The van der Waals surface area contributed by atoms with E-state index in [-0.39, 0.29) is 17.1 Å². The van der Waals surface area contributed by atoms with Gasteiger partial charge in [0, 0.05) is 30.1 Å². The summed E-state index contributed by atoms with van der Waals surface area (Å²) in [6.07, 6.45) is 0.825. The predicted molar refractivity (Wildman–Crippen MR) is 156 cm³/mol. The molecule has 6 rings (SSSR count). The molecule has 0 atom stereocenters. The average molecular weight is 538 g/mol. The molecule has 0 radical (unpaired) electrons. The summed E-state index contributed by atoms with van der Waals surface area (Å²) in [5.41, 5.74) is 4.92. The topological polar surface area (TPSA) is 55.2 Å². The van der Waals surface area contributed by atoms with Crippen molar-refractivity contribution in [3.05, 3.63) is 122 Å². The van der Waals surface area contributed by atoms with Crippen LogP contribution in [0, 0.1) is 6.92 Å². The Hall–Kier alpha value is -3.52. The second kappa shape index (κ2) is 10.7. The van der Waals surface area contributed by atoms with E-state index >= 15 is 0 Å². The summed E-state index contributed by atoms with van der Waals surface area (Å²) in [6, 6.07) is 27.7. The zero-order chi connectivity index (χ0) is 26.1. The van der Waals surface area contributed by atoms with E-state index in [1.54, 1.807) is 15.9 Å². The van der Waals surface area contributed by atoms with Crippen molar-refractivity contribution in [2.24, 2.45) is 0 Å². The van der Waals surface area contributed by atoms with Crippen LogP contribution in [0.2, 0.25) is 0 Å². The number of thiophene rings is 1. The van der Waals surface area contributed by atoms with Gasteiger partial charge >= 0.3 is 0 Å². The number of nitrogens with zero attached hydrogens (tertiary/aromatic N) is 3. The van der Waals surface area contributed by atoms with Crippen molar-refractivity contribution in [2.45, 2.75) is 31.6 Å². The van der Waals surface area contributed by atoms with Gasteiger partial charge in [-0.25, -0.2) is 4.98 Å². The van der Waals surface area contributed by atoms with Crippen LogP contribution < -0.4 is 5.56 Å². The molecule has 0 aliphatic carbocycles. The van der Waals surface area contributed by atoms with Gasteiger partial charge in [0.15, 0.2) is 10.9 Å². The van der Waals surface area contributed by atoms with Gasteiger partial charge in [0.05, 0.1) is 16.8 Å². The quantitative estimate of drug-likeness (QED) is 0.139. The van der Waals surface area contributed by atoms with Gasteiger partial charge < -0.3 is 0 Å². The van der Waals surface area contributed by atoms with Crippen molar-refractivity contribution in [3.63, 3.8) is 0 Å². The molecule has 5 nitrogen and oxygen atoms in total. The molecule has 1 aliphatic heterocycles. The average Bonchev–Trinajstić information content (AvgIpc) is 3.31. The van der Waals surface area contributed by atoms with E-state index < -0.39 is 0 Å². The van der Waals surface area contributed by atoms with Gasteiger partial charge in [-0.15, -0.1) is 11.3 Å². The van der Waals surface area contributed by atoms with E-state index in [1.165, 1.54) is 22.2 Å². The fraction of sp³-hybridized carbons (Fsp3) is 0.194. The lowest BCUT2D eigenvalue weighted by molar-refractivity contribution is 0.102. The first-order valence-corrected chi connectivity index (χ1v) is 14.5. The number of hydrogen-bond acceptors (Lipinski definition) is 6. The number of carbonyl (C=O) groups excluding carboxylic acids is 1. The first kappa shape index (κ1) is 24.8. The summed E-state index contributed by atoms with van der Waals surface area (Å²) in [4.78, 5) is 36.3. The summed E-state index contributed by atoms with van der Waals surface area (Å²) in [5.74, 6) is 0.228. The van der Waals surface area contributed by atoms with Crippen LogP contribution in [0.3, 0.4) is 0 Å². The summed E-state index contributed by atoms with van der Waals surface area (Å²) in [7, 11) is 0. The molecule has 0 fully saturated rings. The van der Waals surface area contributed by atoms with Gasteiger partial charge in [0.1, 0.15) is 4.83 Å². The molecular formula is C31H27N3O2S2. The fourth-order valence-corrected chi connectivity index (χ4v) is 7.12. The minimum absolute atomic E-state index is 0.0161. The van der Waals surface area contributed by atoms with Crippen LogP contribution in [0.15, 0.2) is 94.9 Å². The van der Waals surface area contributed by atoms with Crippen molar-refractivity contribution in [1.29, 1.82) is 0 Å².